The zero-order valence-electron chi connectivity index (χ0n) is 17.4. The van der Waals surface area contributed by atoms with Crippen molar-refractivity contribution in [3.63, 3.8) is 0 Å². The second-order valence-electron chi connectivity index (χ2n) is 6.77. The van der Waals surface area contributed by atoms with Crippen molar-refractivity contribution in [2.45, 2.75) is 13.8 Å². The van der Waals surface area contributed by atoms with Gasteiger partial charge < -0.3 is 9.47 Å². The van der Waals surface area contributed by atoms with E-state index in [1.54, 1.807) is 38.2 Å². The Labute approximate surface area is 173 Å². The monoisotopic (exact) mass is 410 g/mol. The van der Waals surface area contributed by atoms with E-state index in [0.29, 0.717) is 34.8 Å². The summed E-state index contributed by atoms with van der Waals surface area (Å²) >= 11 is 0. The third-order valence-electron chi connectivity index (χ3n) is 4.84. The fraction of sp³-hybridized carbons (Fsp3) is 0.273. The Bertz CT molecular complexity index is 1250. The number of nitrogens with one attached hydrogen (secondary N) is 1. The molecule has 0 amide bonds. The molecule has 0 atom stereocenters. The van der Waals surface area contributed by atoms with Gasteiger partial charge in [-0.2, -0.15) is 4.57 Å². The number of nitrogens with zero attached hydrogens (tertiary/aromatic N) is 2. The zero-order valence-corrected chi connectivity index (χ0v) is 17.4. The summed E-state index contributed by atoms with van der Waals surface area (Å²) in [6.07, 6.45) is 1.47. The maximum atomic E-state index is 13.1. The van der Waals surface area contributed by atoms with E-state index in [4.69, 9.17) is 9.47 Å². The average molecular weight is 410 g/mol. The largest absolute Gasteiger partial charge is 0.494 e. The van der Waals surface area contributed by atoms with Crippen molar-refractivity contribution >= 4 is 17.0 Å². The predicted molar refractivity (Wildman–Crippen MR) is 113 cm³/mol. The maximum Gasteiger partial charge on any atom is 0.417 e. The van der Waals surface area contributed by atoms with Crippen LogP contribution in [0.15, 0.2) is 46.5 Å². The predicted octanol–water partition coefficient (Wildman–Crippen LogP) is 1.77. The Balaban J connectivity index is 2.45. The lowest BCUT2D eigenvalue weighted by atomic mass is 9.95. The van der Waals surface area contributed by atoms with Gasteiger partial charge in [0.2, 0.25) is 0 Å². The van der Waals surface area contributed by atoms with E-state index in [1.807, 2.05) is 6.92 Å². The minimum absolute atomic E-state index is 0.0321. The number of H-pyrrole nitrogens is 1. The number of benzene rings is 1. The third kappa shape index (κ3) is 3.52. The van der Waals surface area contributed by atoms with Crippen molar-refractivity contribution in [3.05, 3.63) is 69.0 Å². The minimum Gasteiger partial charge on any atom is -0.494 e. The molecule has 3 aromatic rings. The van der Waals surface area contributed by atoms with Crippen LogP contribution in [0.3, 0.4) is 0 Å². The number of ether oxygens (including phenoxy) is 2. The van der Waals surface area contributed by atoms with E-state index in [1.165, 1.54) is 17.7 Å². The second kappa shape index (κ2) is 8.36. The summed E-state index contributed by atoms with van der Waals surface area (Å²) in [4.78, 5) is 41.4. The molecule has 2 heterocycles. The summed E-state index contributed by atoms with van der Waals surface area (Å²) in [5.74, 6) is 0.0752. The summed E-state index contributed by atoms with van der Waals surface area (Å²) in [5, 5.41) is 0.222. The summed E-state index contributed by atoms with van der Waals surface area (Å²) in [6.45, 7) is 7.70. The van der Waals surface area contributed by atoms with Gasteiger partial charge in [0.25, 0.3) is 11.2 Å². The first-order chi connectivity index (χ1) is 14.3. The number of esters is 1. The molecular weight excluding hydrogens is 386 g/mol. The van der Waals surface area contributed by atoms with Gasteiger partial charge in [-0.05, 0) is 31.5 Å². The van der Waals surface area contributed by atoms with Gasteiger partial charge in [0, 0.05) is 12.6 Å². The molecule has 0 unspecified atom stereocenters. The van der Waals surface area contributed by atoms with E-state index in [0.717, 1.165) is 4.57 Å². The molecule has 0 spiro atoms. The quantitative estimate of drug-likeness (QED) is 0.456. The summed E-state index contributed by atoms with van der Waals surface area (Å²) in [7, 11) is 2.97. The number of pyridine rings is 1. The van der Waals surface area contributed by atoms with Crippen LogP contribution in [-0.4, -0.2) is 28.3 Å². The van der Waals surface area contributed by atoms with Crippen molar-refractivity contribution in [2.75, 3.05) is 13.2 Å². The first-order valence-electron chi connectivity index (χ1n) is 9.48. The van der Waals surface area contributed by atoms with Gasteiger partial charge in [-0.3, -0.25) is 4.79 Å². The Kier molecular flexibility index (Phi) is 5.86. The number of aryl methyl sites for hydroxylation is 2. The van der Waals surface area contributed by atoms with E-state index >= 15 is 0 Å². The van der Waals surface area contributed by atoms with Crippen LogP contribution in [0.5, 0.6) is 5.75 Å². The molecule has 2 aromatic heterocycles. The van der Waals surface area contributed by atoms with Crippen LogP contribution in [-0.2, 0) is 18.8 Å². The third-order valence-corrected chi connectivity index (χ3v) is 4.84. The first kappa shape index (κ1) is 21.0. The van der Waals surface area contributed by atoms with E-state index < -0.39 is 17.2 Å². The fourth-order valence-electron chi connectivity index (χ4n) is 3.40. The molecule has 0 saturated carbocycles. The standard InChI is InChI=1S/C22H23N3O5/c1-6-12-30-21(27)16-13(3)23-19-18(20(26)25(5)22(28)24(19)4)17(16)14-8-10-15(11-9-14)29-7-2/h6,8-11H,1,7,12H2,2-5H3/p+1. The van der Waals surface area contributed by atoms with Crippen LogP contribution in [0.2, 0.25) is 0 Å². The Morgan fingerprint density at radius 1 is 1.17 bits per heavy atom. The first-order valence-corrected chi connectivity index (χ1v) is 9.48. The lowest BCUT2D eigenvalue weighted by molar-refractivity contribution is -0.359. The number of aromatic amines is 1. The van der Waals surface area contributed by atoms with Crippen LogP contribution in [0.4, 0.5) is 0 Å². The van der Waals surface area contributed by atoms with Gasteiger partial charge in [0.15, 0.2) is 0 Å². The number of carbonyl (C=O) groups is 1. The minimum atomic E-state index is -0.592. The van der Waals surface area contributed by atoms with Gasteiger partial charge in [-0.1, -0.05) is 24.8 Å². The lowest BCUT2D eigenvalue weighted by Crippen LogP contribution is -2.40. The molecule has 1 aromatic carbocycles. The van der Waals surface area contributed by atoms with Gasteiger partial charge in [0.1, 0.15) is 29.0 Å². The number of carbonyl (C=O) groups excluding carboxylic acids is 1. The Morgan fingerprint density at radius 3 is 2.43 bits per heavy atom. The van der Waals surface area contributed by atoms with Crippen LogP contribution in [0, 0.1) is 6.92 Å². The number of aromatic nitrogens is 3. The molecule has 0 fully saturated rings. The zero-order chi connectivity index (χ0) is 22.0. The molecule has 30 heavy (non-hydrogen) atoms. The molecule has 0 aliphatic rings. The molecule has 0 aliphatic heterocycles. The van der Waals surface area contributed by atoms with Crippen LogP contribution < -0.4 is 21.0 Å². The van der Waals surface area contributed by atoms with Crippen LogP contribution in [0.1, 0.15) is 23.0 Å². The molecule has 156 valence electrons. The summed E-state index contributed by atoms with van der Waals surface area (Å²) in [5.41, 5.74) is 1.07. The van der Waals surface area contributed by atoms with Crippen molar-refractivity contribution < 1.29 is 19.3 Å². The van der Waals surface area contributed by atoms with Gasteiger partial charge in [-0.15, -0.1) is 0 Å². The molecule has 8 nitrogen and oxygen atoms in total. The number of rotatable bonds is 6. The van der Waals surface area contributed by atoms with Crippen molar-refractivity contribution in [2.24, 2.45) is 14.1 Å². The van der Waals surface area contributed by atoms with Crippen molar-refractivity contribution in [3.8, 4) is 16.9 Å². The van der Waals surface area contributed by atoms with E-state index in [9.17, 15) is 14.4 Å². The maximum absolute atomic E-state index is 13.1. The Morgan fingerprint density at radius 2 is 1.83 bits per heavy atom. The van der Waals surface area contributed by atoms with Crippen LogP contribution >= 0.6 is 0 Å². The SMILES string of the molecule is C=CCOC(=O)c1c(C)[nH+]c2c(c1-c1ccc(OCC)cc1)c(=O)n(C)c(=O)n2C. The molecular formula is C22H24N3O5+. The van der Waals surface area contributed by atoms with Crippen LogP contribution in [0.25, 0.3) is 22.2 Å². The van der Waals surface area contributed by atoms with Crippen molar-refractivity contribution in [1.82, 2.24) is 9.13 Å². The molecule has 0 aliphatic carbocycles. The molecule has 0 saturated heterocycles. The lowest BCUT2D eigenvalue weighted by Gasteiger charge is -2.14. The normalized spacial score (nSPS) is 10.8. The topological polar surface area (TPSA) is 93.7 Å². The molecule has 8 heteroatoms. The highest BCUT2D eigenvalue weighted by molar-refractivity contribution is 6.05. The second-order valence-corrected chi connectivity index (χ2v) is 6.77. The summed E-state index contributed by atoms with van der Waals surface area (Å²) in [6, 6.07) is 7.08. The van der Waals surface area contributed by atoms with Crippen molar-refractivity contribution in [1.29, 1.82) is 0 Å². The van der Waals surface area contributed by atoms with E-state index in [-0.39, 0.29) is 17.6 Å². The molecule has 3 rings (SSSR count). The van der Waals surface area contributed by atoms with Gasteiger partial charge in [0.05, 0.1) is 13.7 Å². The van der Waals surface area contributed by atoms with Gasteiger partial charge >= 0.3 is 11.7 Å². The Hall–Kier alpha value is -3.68. The highest BCUT2D eigenvalue weighted by Crippen LogP contribution is 2.31. The summed E-state index contributed by atoms with van der Waals surface area (Å²) < 4.78 is 13.1. The number of fused-ring (bicyclic) bond motifs is 1. The van der Waals surface area contributed by atoms with E-state index in [2.05, 4.69) is 11.6 Å². The molecule has 0 bridgehead atoms. The molecule has 1 N–H and O–H groups in total. The average Bonchev–Trinajstić information content (AvgIpc) is 2.74. The number of hydrogen-bond acceptors (Lipinski definition) is 5. The van der Waals surface area contributed by atoms with Gasteiger partial charge in [-0.25, -0.2) is 19.1 Å². The highest BCUT2D eigenvalue weighted by atomic mass is 16.5. The fourth-order valence-corrected chi connectivity index (χ4v) is 3.40. The smallest absolute Gasteiger partial charge is 0.417 e. The number of hydrogen-bond donors (Lipinski definition) is 0. The molecule has 0 radical (unpaired) electrons. The highest BCUT2D eigenvalue weighted by Gasteiger charge is 2.28.